The fourth-order valence-electron chi connectivity index (χ4n) is 1.73. The third kappa shape index (κ3) is 5.65. The highest BCUT2D eigenvalue weighted by molar-refractivity contribution is 6.36. The molecule has 0 unspecified atom stereocenters. The number of hydrogen-bond acceptors (Lipinski definition) is 5. The van der Waals surface area contributed by atoms with E-state index >= 15 is 0 Å². The predicted molar refractivity (Wildman–Crippen MR) is 79.8 cm³/mol. The Hall–Kier alpha value is -3.10. The van der Waals surface area contributed by atoms with Crippen molar-refractivity contribution in [1.29, 1.82) is 0 Å². The maximum Gasteiger partial charge on any atom is 0.407 e. The molecule has 3 amide bonds. The summed E-state index contributed by atoms with van der Waals surface area (Å²) >= 11 is 0. The highest BCUT2D eigenvalue weighted by Crippen LogP contribution is 2.11. The van der Waals surface area contributed by atoms with Crippen molar-refractivity contribution < 1.29 is 29.0 Å². The monoisotopic (exact) mass is 323 g/mol. The topological polar surface area (TPSA) is 134 Å². The second kappa shape index (κ2) is 8.37. The highest BCUT2D eigenvalue weighted by atomic mass is 16.5. The Morgan fingerprint density at radius 3 is 2.26 bits per heavy atom. The minimum absolute atomic E-state index is 0.196. The summed E-state index contributed by atoms with van der Waals surface area (Å²) in [6, 6.07) is 5.37. The number of carbonyl (C=O) groups excluding carboxylic acids is 3. The van der Waals surface area contributed by atoms with E-state index in [4.69, 9.17) is 5.11 Å². The zero-order chi connectivity index (χ0) is 17.4. The molecule has 0 aliphatic carbocycles. The van der Waals surface area contributed by atoms with Gasteiger partial charge < -0.3 is 25.8 Å². The van der Waals surface area contributed by atoms with E-state index in [1.54, 1.807) is 12.1 Å². The van der Waals surface area contributed by atoms with Gasteiger partial charge in [0, 0.05) is 19.2 Å². The van der Waals surface area contributed by atoms with E-state index in [-0.39, 0.29) is 6.42 Å². The number of amides is 3. The Labute approximate surface area is 132 Å². The first-order valence-corrected chi connectivity index (χ1v) is 6.56. The summed E-state index contributed by atoms with van der Waals surface area (Å²) in [5.41, 5.74) is 1.00. The molecule has 23 heavy (non-hydrogen) atoms. The van der Waals surface area contributed by atoms with Gasteiger partial charge in [-0.25, -0.2) is 9.59 Å². The molecule has 0 bridgehead atoms. The van der Waals surface area contributed by atoms with E-state index < -0.39 is 29.9 Å². The molecule has 0 aliphatic rings. The van der Waals surface area contributed by atoms with E-state index in [0.29, 0.717) is 11.3 Å². The number of carbonyl (C=O) groups is 4. The van der Waals surface area contributed by atoms with Gasteiger partial charge in [0.2, 0.25) is 5.91 Å². The van der Waals surface area contributed by atoms with Crippen LogP contribution in [0.2, 0.25) is 0 Å². The van der Waals surface area contributed by atoms with E-state index in [1.165, 1.54) is 26.3 Å². The van der Waals surface area contributed by atoms with Crippen molar-refractivity contribution in [2.75, 3.05) is 19.5 Å². The van der Waals surface area contributed by atoms with Crippen molar-refractivity contribution in [3.05, 3.63) is 29.8 Å². The Morgan fingerprint density at radius 2 is 1.78 bits per heavy atom. The Bertz CT molecular complexity index is 599. The maximum absolute atomic E-state index is 11.8. The number of methoxy groups -OCH3 is 1. The van der Waals surface area contributed by atoms with Crippen LogP contribution < -0.4 is 16.0 Å². The van der Waals surface area contributed by atoms with Crippen LogP contribution in [0, 0.1) is 0 Å². The van der Waals surface area contributed by atoms with Gasteiger partial charge in [-0.1, -0.05) is 12.1 Å². The fraction of sp³-hybridized carbons (Fsp3) is 0.286. The first-order valence-electron chi connectivity index (χ1n) is 6.56. The largest absolute Gasteiger partial charge is 0.474 e. The average Bonchev–Trinajstić information content (AvgIpc) is 2.54. The molecule has 9 nitrogen and oxygen atoms in total. The molecule has 1 aromatic rings. The number of carboxylic acids is 1. The minimum atomic E-state index is -1.59. The van der Waals surface area contributed by atoms with Gasteiger partial charge in [0.05, 0.1) is 7.11 Å². The lowest BCUT2D eigenvalue weighted by Crippen LogP contribution is -2.47. The summed E-state index contributed by atoms with van der Waals surface area (Å²) in [4.78, 5) is 44.5. The van der Waals surface area contributed by atoms with Crippen LogP contribution in [0.15, 0.2) is 24.3 Å². The number of carboxylic acid groups (broad SMARTS) is 1. The van der Waals surface area contributed by atoms with E-state index in [2.05, 4.69) is 20.7 Å². The molecular weight excluding hydrogens is 306 g/mol. The van der Waals surface area contributed by atoms with E-state index in [1.807, 2.05) is 0 Å². The lowest BCUT2D eigenvalue weighted by molar-refractivity contribution is -0.147. The number of nitrogens with one attached hydrogen (secondary N) is 3. The first kappa shape index (κ1) is 18.0. The van der Waals surface area contributed by atoms with E-state index in [9.17, 15) is 19.2 Å². The zero-order valence-corrected chi connectivity index (χ0v) is 12.6. The molecule has 0 aromatic heterocycles. The van der Waals surface area contributed by atoms with Gasteiger partial charge in [-0.05, 0) is 17.7 Å². The summed E-state index contributed by atoms with van der Waals surface area (Å²) in [5.74, 6) is -3.12. The van der Waals surface area contributed by atoms with Crippen LogP contribution in [0.5, 0.6) is 0 Å². The lowest BCUT2D eigenvalue weighted by Gasteiger charge is -2.16. The SMILES string of the molecule is CNC(=O)[C@H](Cc1ccc(NC(=O)C(=O)O)cc1)NC(=O)OC. The Morgan fingerprint density at radius 1 is 1.17 bits per heavy atom. The average molecular weight is 323 g/mol. The Balaban J connectivity index is 2.77. The summed E-state index contributed by atoms with van der Waals surface area (Å²) in [7, 11) is 2.63. The highest BCUT2D eigenvalue weighted by Gasteiger charge is 2.20. The molecule has 0 aliphatic heterocycles. The van der Waals surface area contributed by atoms with E-state index in [0.717, 1.165) is 0 Å². The summed E-state index contributed by atoms with van der Waals surface area (Å²) < 4.78 is 4.47. The van der Waals surface area contributed by atoms with Crippen LogP contribution in [-0.2, 0) is 25.5 Å². The molecule has 4 N–H and O–H groups in total. The van der Waals surface area contributed by atoms with Crippen molar-refractivity contribution in [3.8, 4) is 0 Å². The normalized spacial score (nSPS) is 11.0. The third-order valence-corrected chi connectivity index (χ3v) is 2.89. The third-order valence-electron chi connectivity index (χ3n) is 2.89. The number of rotatable bonds is 5. The number of ether oxygens (including phenoxy) is 1. The summed E-state index contributed by atoms with van der Waals surface area (Å²) in [5, 5.41) is 15.5. The molecule has 1 atom stereocenters. The molecule has 0 saturated carbocycles. The van der Waals surface area contributed by atoms with Gasteiger partial charge in [-0.15, -0.1) is 0 Å². The summed E-state index contributed by atoms with van der Waals surface area (Å²) in [6.45, 7) is 0. The van der Waals surface area contributed by atoms with Gasteiger partial charge in [-0.2, -0.15) is 0 Å². The molecule has 1 rings (SSSR count). The molecule has 1 aromatic carbocycles. The Kier molecular flexibility index (Phi) is 6.53. The number of likely N-dealkylation sites (N-methyl/N-ethyl adjacent to an activating group) is 1. The molecule has 0 fully saturated rings. The molecule has 0 radical (unpaired) electrons. The fourth-order valence-corrected chi connectivity index (χ4v) is 1.73. The van der Waals surface area contributed by atoms with Gasteiger partial charge in [0.25, 0.3) is 0 Å². The molecular formula is C14H17N3O6. The van der Waals surface area contributed by atoms with Crippen LogP contribution in [0.4, 0.5) is 10.5 Å². The van der Waals surface area contributed by atoms with Gasteiger partial charge in [0.15, 0.2) is 0 Å². The van der Waals surface area contributed by atoms with Gasteiger partial charge in [0.1, 0.15) is 6.04 Å². The molecule has 0 spiro atoms. The van der Waals surface area contributed by atoms with Crippen molar-refractivity contribution in [3.63, 3.8) is 0 Å². The predicted octanol–water partition coefficient (Wildman–Crippen LogP) is -0.277. The maximum atomic E-state index is 11.8. The smallest absolute Gasteiger partial charge is 0.407 e. The van der Waals surface area contributed by atoms with Crippen LogP contribution in [0.1, 0.15) is 5.56 Å². The van der Waals surface area contributed by atoms with Gasteiger partial charge >= 0.3 is 18.0 Å². The number of benzene rings is 1. The molecule has 124 valence electrons. The van der Waals surface area contributed by atoms with Crippen LogP contribution in [0.3, 0.4) is 0 Å². The van der Waals surface area contributed by atoms with Crippen molar-refractivity contribution in [1.82, 2.24) is 10.6 Å². The summed E-state index contributed by atoms with van der Waals surface area (Å²) in [6.07, 6.45) is -0.536. The molecule has 0 saturated heterocycles. The van der Waals surface area contributed by atoms with Crippen molar-refractivity contribution in [2.45, 2.75) is 12.5 Å². The van der Waals surface area contributed by atoms with Crippen molar-refractivity contribution >= 4 is 29.6 Å². The van der Waals surface area contributed by atoms with Crippen LogP contribution in [0.25, 0.3) is 0 Å². The lowest BCUT2D eigenvalue weighted by atomic mass is 10.0. The standard InChI is InChI=1S/C14H17N3O6/c1-15-11(18)10(17-14(22)23-2)7-8-3-5-9(6-4-8)16-12(19)13(20)21/h3-6,10H,7H2,1-2H3,(H,15,18)(H,16,19)(H,17,22)(H,20,21)/t10-/m0/s1. The second-order valence-electron chi connectivity index (χ2n) is 4.46. The van der Waals surface area contributed by atoms with Gasteiger partial charge in [-0.3, -0.25) is 9.59 Å². The quantitative estimate of drug-likeness (QED) is 0.551. The number of hydrogen-bond donors (Lipinski definition) is 4. The van der Waals surface area contributed by atoms with Crippen molar-refractivity contribution in [2.24, 2.45) is 0 Å². The number of anilines is 1. The number of aliphatic carboxylic acids is 1. The van der Waals surface area contributed by atoms with Crippen LogP contribution in [-0.4, -0.2) is 49.2 Å². The molecule has 0 heterocycles. The second-order valence-corrected chi connectivity index (χ2v) is 4.46. The number of alkyl carbamates (subject to hydrolysis) is 1. The molecule has 9 heteroatoms. The zero-order valence-electron chi connectivity index (χ0n) is 12.6. The first-order chi connectivity index (χ1) is 10.9. The van der Waals surface area contributed by atoms with Crippen LogP contribution >= 0.6 is 0 Å². The minimum Gasteiger partial charge on any atom is -0.474 e.